The number of amides is 1. The maximum atomic E-state index is 13.5. The molecule has 1 aromatic heterocycles. The van der Waals surface area contributed by atoms with Gasteiger partial charge in [0.1, 0.15) is 34.6 Å². The summed E-state index contributed by atoms with van der Waals surface area (Å²) in [5.74, 6) is 1.50. The Labute approximate surface area is 347 Å². The Bertz CT molecular complexity index is 2190. The highest BCUT2D eigenvalue weighted by atomic mass is 35.5. The minimum Gasteiger partial charge on any atom is -0.619 e. The Morgan fingerprint density at radius 1 is 0.828 bits per heavy atom. The molecule has 3 fully saturated rings. The molecule has 3 atom stereocenters. The lowest BCUT2D eigenvalue weighted by molar-refractivity contribution is -0.605. The molecule has 1 amide bonds. The van der Waals surface area contributed by atoms with Crippen molar-refractivity contribution >= 4 is 35.3 Å². The first-order chi connectivity index (χ1) is 28.1. The number of alkyl carbamates (subject to hydrolysis) is 1. The third-order valence-corrected chi connectivity index (χ3v) is 11.3. The summed E-state index contributed by atoms with van der Waals surface area (Å²) in [6, 6.07) is 29.7. The van der Waals surface area contributed by atoms with E-state index in [1.54, 1.807) is 18.2 Å². The van der Waals surface area contributed by atoms with E-state index in [4.69, 9.17) is 46.9 Å². The molecule has 1 N–H and O–H groups in total. The molecule has 13 heteroatoms. The third-order valence-electron chi connectivity index (χ3n) is 10.7. The minimum absolute atomic E-state index is 0.0237. The molecular formula is C45H45Cl2N3O8. The van der Waals surface area contributed by atoms with E-state index in [9.17, 15) is 14.8 Å². The van der Waals surface area contributed by atoms with E-state index in [-0.39, 0.29) is 35.6 Å². The number of methoxy groups -OCH3 is 2. The molecule has 4 aromatic carbocycles. The highest BCUT2D eigenvalue weighted by Crippen LogP contribution is 2.36. The van der Waals surface area contributed by atoms with Crippen LogP contribution < -0.4 is 24.3 Å². The number of carbonyl (C=O) groups is 2. The van der Waals surface area contributed by atoms with Crippen LogP contribution in [0.3, 0.4) is 0 Å². The number of hydrogen-bond acceptors (Lipinski definition) is 9. The Balaban J connectivity index is 1.02. The first-order valence-electron chi connectivity index (χ1n) is 19.2. The van der Waals surface area contributed by atoms with E-state index in [1.165, 1.54) is 26.6 Å². The van der Waals surface area contributed by atoms with Gasteiger partial charge in [0.2, 0.25) is 0 Å². The zero-order chi connectivity index (χ0) is 40.6. The van der Waals surface area contributed by atoms with E-state index in [2.05, 4.69) is 10.2 Å². The number of nitrogens with zero attached hydrogens (tertiary/aromatic N) is 2. The molecule has 0 unspecified atom stereocenters. The van der Waals surface area contributed by atoms with Crippen LogP contribution in [-0.4, -0.2) is 56.9 Å². The summed E-state index contributed by atoms with van der Waals surface area (Å²) in [4.78, 5) is 29.2. The molecule has 11 nitrogen and oxygen atoms in total. The van der Waals surface area contributed by atoms with Gasteiger partial charge in [-0.3, -0.25) is 9.69 Å². The van der Waals surface area contributed by atoms with Crippen molar-refractivity contribution in [1.29, 1.82) is 0 Å². The highest BCUT2D eigenvalue weighted by molar-refractivity contribution is 6.35. The lowest BCUT2D eigenvalue weighted by Gasteiger charge is -2.43. The Morgan fingerprint density at radius 2 is 1.53 bits per heavy atom. The molecular weight excluding hydrogens is 781 g/mol. The maximum Gasteiger partial charge on any atom is 0.408 e. The van der Waals surface area contributed by atoms with Crippen molar-refractivity contribution in [2.75, 3.05) is 33.9 Å². The van der Waals surface area contributed by atoms with E-state index >= 15 is 0 Å². The fourth-order valence-electron chi connectivity index (χ4n) is 7.68. The molecule has 58 heavy (non-hydrogen) atoms. The van der Waals surface area contributed by atoms with Crippen molar-refractivity contribution in [3.8, 4) is 17.2 Å². The van der Waals surface area contributed by atoms with Crippen molar-refractivity contribution in [3.05, 3.63) is 158 Å². The van der Waals surface area contributed by atoms with E-state index in [0.717, 1.165) is 54.7 Å². The number of fused-ring (bicyclic) bond motifs is 3. The van der Waals surface area contributed by atoms with Gasteiger partial charge in [-0.05, 0) is 83.9 Å². The van der Waals surface area contributed by atoms with Gasteiger partial charge in [0, 0.05) is 18.5 Å². The fourth-order valence-corrected chi connectivity index (χ4v) is 8.28. The molecule has 2 bridgehead atoms. The standard InChI is InChI=1S/C45H45Cl2N3O8/c1-54-39-15-14-33(23-41(39)55-2)40(24-36-37(46)25-50(53)26-38(36)47)57-43(51)21-29-8-6-9-30(20-29)28-56-35-13-7-12-34(22-35)44(32-10-4-3-5-11-32)48-45(52)58-42-27-49-18-16-31(42)17-19-49/h3-15,20,22-23,25-26,31,40,42,44H,16-19,21,24,27-28H2,1-2H3,(H,48,52)/t40-,42-,44-/m0/s1. The Morgan fingerprint density at radius 3 is 2.24 bits per heavy atom. The topological polar surface area (TPSA) is 123 Å². The number of ether oxygens (including phenoxy) is 5. The van der Waals surface area contributed by atoms with Crippen LogP contribution >= 0.6 is 23.2 Å². The van der Waals surface area contributed by atoms with Crippen molar-refractivity contribution in [2.45, 2.75) is 50.5 Å². The first-order valence-corrected chi connectivity index (χ1v) is 19.9. The average molecular weight is 827 g/mol. The summed E-state index contributed by atoms with van der Waals surface area (Å²) < 4.78 is 29.7. The largest absolute Gasteiger partial charge is 0.619 e. The number of halogens is 2. The second-order valence-corrected chi connectivity index (χ2v) is 15.3. The number of hydrogen-bond donors (Lipinski definition) is 1. The highest BCUT2D eigenvalue weighted by Gasteiger charge is 2.37. The smallest absolute Gasteiger partial charge is 0.408 e. The Hall–Kier alpha value is -5.49. The SMILES string of the molecule is COc1ccc([C@H](Cc2c(Cl)c[n+]([O-])cc2Cl)OC(=O)Cc2cccc(COc3cccc([C@@H](NC(=O)O[C@H]4CN5CCC4CC5)c4ccccc4)c3)c2)cc1OC. The van der Waals surface area contributed by atoms with Crippen LogP contribution in [0, 0.1) is 11.1 Å². The predicted molar refractivity (Wildman–Crippen MR) is 219 cm³/mol. The van der Waals surface area contributed by atoms with Crippen molar-refractivity contribution in [1.82, 2.24) is 10.2 Å². The van der Waals surface area contributed by atoms with Gasteiger partial charge in [0.25, 0.3) is 0 Å². The number of piperidine rings is 3. The van der Waals surface area contributed by atoms with Gasteiger partial charge >= 0.3 is 12.1 Å². The Kier molecular flexibility index (Phi) is 13.2. The number of pyridine rings is 1. The summed E-state index contributed by atoms with van der Waals surface area (Å²) in [5, 5.41) is 15.3. The molecule has 8 rings (SSSR count). The monoisotopic (exact) mass is 825 g/mol. The quantitative estimate of drug-likeness (QED) is 0.0633. The fraction of sp³-hybridized carbons (Fsp3) is 0.311. The molecule has 0 radical (unpaired) electrons. The van der Waals surface area contributed by atoms with Gasteiger partial charge in [0.15, 0.2) is 23.9 Å². The molecule has 3 aliphatic rings. The van der Waals surface area contributed by atoms with Crippen molar-refractivity contribution in [3.63, 3.8) is 0 Å². The number of benzene rings is 4. The number of aromatic nitrogens is 1. The molecule has 3 saturated heterocycles. The summed E-state index contributed by atoms with van der Waals surface area (Å²) in [6.45, 7) is 3.15. The van der Waals surface area contributed by atoms with Gasteiger partial charge in [-0.15, -0.1) is 0 Å². The van der Waals surface area contributed by atoms with Crippen LogP contribution in [0.5, 0.6) is 17.2 Å². The van der Waals surface area contributed by atoms with Crippen LogP contribution in [0.2, 0.25) is 10.0 Å². The average Bonchev–Trinajstić information content (AvgIpc) is 3.23. The van der Waals surface area contributed by atoms with Crippen LogP contribution in [-0.2, 0) is 33.7 Å². The molecule has 4 heterocycles. The van der Waals surface area contributed by atoms with Crippen LogP contribution in [0.15, 0.2) is 109 Å². The van der Waals surface area contributed by atoms with E-state index < -0.39 is 24.2 Å². The van der Waals surface area contributed by atoms with Crippen LogP contribution in [0.4, 0.5) is 4.79 Å². The lowest BCUT2D eigenvalue weighted by Crippen LogP contribution is -2.52. The number of nitrogens with one attached hydrogen (secondary N) is 1. The van der Waals surface area contributed by atoms with Crippen LogP contribution in [0.25, 0.3) is 0 Å². The van der Waals surface area contributed by atoms with Gasteiger partial charge < -0.3 is 34.2 Å². The van der Waals surface area contributed by atoms with Crippen molar-refractivity contribution in [2.24, 2.45) is 5.92 Å². The van der Waals surface area contributed by atoms with Gasteiger partial charge in [-0.25, -0.2) is 4.79 Å². The summed E-state index contributed by atoms with van der Waals surface area (Å²) in [6.07, 6.45) is 3.24. The van der Waals surface area contributed by atoms with Gasteiger partial charge in [-0.1, -0.05) is 96.0 Å². The maximum absolute atomic E-state index is 13.5. The number of carbonyl (C=O) groups excluding carboxylic acids is 2. The summed E-state index contributed by atoms with van der Waals surface area (Å²) in [7, 11) is 3.05. The second kappa shape index (κ2) is 18.8. The molecule has 0 spiro atoms. The van der Waals surface area contributed by atoms with Crippen molar-refractivity contribution < 1.29 is 38.0 Å². The summed E-state index contributed by atoms with van der Waals surface area (Å²) in [5.41, 5.74) is 4.42. The molecule has 0 aliphatic carbocycles. The van der Waals surface area contributed by atoms with Gasteiger partial charge in [-0.2, -0.15) is 4.73 Å². The van der Waals surface area contributed by atoms with E-state index in [0.29, 0.717) is 39.0 Å². The number of esters is 1. The zero-order valence-corrected chi connectivity index (χ0v) is 33.8. The normalized spacial score (nSPS) is 18.1. The third kappa shape index (κ3) is 10.1. The molecule has 5 aromatic rings. The minimum atomic E-state index is -0.819. The molecule has 3 aliphatic heterocycles. The van der Waals surface area contributed by atoms with Gasteiger partial charge in [0.05, 0.1) is 26.7 Å². The summed E-state index contributed by atoms with van der Waals surface area (Å²) >= 11 is 12.8. The van der Waals surface area contributed by atoms with E-state index in [1.807, 2.05) is 78.9 Å². The molecule has 0 saturated carbocycles. The predicted octanol–water partition coefficient (Wildman–Crippen LogP) is 8.20. The first kappa shape index (κ1) is 40.7. The lowest BCUT2D eigenvalue weighted by atomic mass is 9.86. The second-order valence-electron chi connectivity index (χ2n) is 14.5. The number of rotatable bonds is 15. The van der Waals surface area contributed by atoms with Crippen LogP contribution in [0.1, 0.15) is 58.4 Å². The molecule has 302 valence electrons. The zero-order valence-electron chi connectivity index (χ0n) is 32.3.